The van der Waals surface area contributed by atoms with Gasteiger partial charge in [0.05, 0.1) is 17.7 Å². The number of aryl methyl sites for hydroxylation is 1. The summed E-state index contributed by atoms with van der Waals surface area (Å²) in [6.07, 6.45) is 0.191. The highest BCUT2D eigenvalue weighted by Gasteiger charge is 2.24. The number of ether oxygens (including phenoxy) is 1. The van der Waals surface area contributed by atoms with E-state index in [-0.39, 0.29) is 56.0 Å². The first-order valence-corrected chi connectivity index (χ1v) is 16.4. The standard InChI is InChI=1S/C30H38ClFN5O9P/c1-37(27(38)15-14-22-11-7-13-24(32)28(22)31)23(12-8-16-33-29(39)34-17-18-45-47(41,42-2)43-3)20-44-30(40)35-26-19-25(36-46-26)21-9-5-4-6-10-21/h4-7,9-11,13,19,23H,8,12,14-18,20H2,1-3H3,(H,35,40)(H2,33,34,39)/t23-/m0/s1. The van der Waals surface area contributed by atoms with E-state index >= 15 is 0 Å². The van der Waals surface area contributed by atoms with Gasteiger partial charge >= 0.3 is 19.9 Å². The SMILES string of the molecule is COP(=O)(OC)OCCNC(=O)NCCC[C@@H](COC(=O)Nc1cc(-c2ccccc2)no1)N(C)C(=O)CCc1cccc(F)c1Cl. The lowest BCUT2D eigenvalue weighted by Crippen LogP contribution is -2.42. The van der Waals surface area contributed by atoms with Crippen LogP contribution in [0.5, 0.6) is 0 Å². The Hall–Kier alpha value is -4.01. The average molecular weight is 698 g/mol. The van der Waals surface area contributed by atoms with Crippen molar-refractivity contribution < 1.29 is 46.2 Å². The van der Waals surface area contributed by atoms with Crippen molar-refractivity contribution in [3.8, 4) is 11.3 Å². The average Bonchev–Trinajstić information content (AvgIpc) is 3.55. The molecular formula is C30H38ClFN5O9P. The van der Waals surface area contributed by atoms with Crippen molar-refractivity contribution in [2.45, 2.75) is 31.7 Å². The van der Waals surface area contributed by atoms with Crippen LogP contribution in [0.25, 0.3) is 11.3 Å². The smallest absolute Gasteiger partial charge is 0.447 e. The largest absolute Gasteiger partial charge is 0.474 e. The third-order valence-electron chi connectivity index (χ3n) is 6.88. The van der Waals surface area contributed by atoms with Crippen molar-refractivity contribution in [3.05, 3.63) is 71.0 Å². The maximum Gasteiger partial charge on any atom is 0.474 e. The van der Waals surface area contributed by atoms with Crippen LogP contribution >= 0.6 is 19.4 Å². The Morgan fingerprint density at radius 1 is 1.06 bits per heavy atom. The summed E-state index contributed by atoms with van der Waals surface area (Å²) in [5, 5.41) is 11.6. The number of carbonyl (C=O) groups is 3. The molecular weight excluding hydrogens is 660 g/mol. The number of phosphoric ester groups is 1. The third kappa shape index (κ3) is 12.3. The molecule has 1 heterocycles. The van der Waals surface area contributed by atoms with Crippen LogP contribution in [0.1, 0.15) is 24.8 Å². The van der Waals surface area contributed by atoms with Gasteiger partial charge in [-0.3, -0.25) is 23.7 Å². The fourth-order valence-corrected chi connectivity index (χ4v) is 5.14. The van der Waals surface area contributed by atoms with Crippen molar-refractivity contribution in [2.24, 2.45) is 0 Å². The Labute approximate surface area is 276 Å². The van der Waals surface area contributed by atoms with Gasteiger partial charge < -0.3 is 24.8 Å². The number of benzene rings is 2. The highest BCUT2D eigenvalue weighted by Crippen LogP contribution is 2.47. The molecule has 0 radical (unpaired) electrons. The molecule has 0 aliphatic rings. The molecule has 3 N–H and O–H groups in total. The van der Waals surface area contributed by atoms with Crippen LogP contribution < -0.4 is 16.0 Å². The molecule has 0 bridgehead atoms. The lowest BCUT2D eigenvalue weighted by atomic mass is 10.1. The molecule has 17 heteroatoms. The lowest BCUT2D eigenvalue weighted by molar-refractivity contribution is -0.132. The minimum Gasteiger partial charge on any atom is -0.447 e. The number of halogens is 2. The van der Waals surface area contributed by atoms with E-state index in [2.05, 4.69) is 30.2 Å². The van der Waals surface area contributed by atoms with Gasteiger partial charge in [0.15, 0.2) is 0 Å². The molecule has 0 unspecified atom stereocenters. The van der Waals surface area contributed by atoms with E-state index < -0.39 is 31.8 Å². The molecule has 0 aliphatic heterocycles. The molecule has 0 spiro atoms. The van der Waals surface area contributed by atoms with Gasteiger partial charge in [0.1, 0.15) is 18.1 Å². The maximum atomic E-state index is 13.8. The van der Waals surface area contributed by atoms with Gasteiger partial charge in [-0.25, -0.2) is 18.5 Å². The molecule has 1 aromatic heterocycles. The van der Waals surface area contributed by atoms with Crippen LogP contribution in [0.4, 0.5) is 19.9 Å². The van der Waals surface area contributed by atoms with Gasteiger partial charge in [0.25, 0.3) is 0 Å². The number of rotatable bonds is 18. The molecule has 0 saturated carbocycles. The van der Waals surface area contributed by atoms with Crippen LogP contribution in [0.3, 0.4) is 0 Å². The predicted molar refractivity (Wildman–Crippen MR) is 171 cm³/mol. The Morgan fingerprint density at radius 3 is 2.51 bits per heavy atom. The van der Waals surface area contributed by atoms with Gasteiger partial charge in [0.2, 0.25) is 11.8 Å². The van der Waals surface area contributed by atoms with Crippen LogP contribution in [-0.4, -0.2) is 81.7 Å². The molecule has 0 fully saturated rings. The van der Waals surface area contributed by atoms with Gasteiger partial charge in [-0.1, -0.05) is 59.2 Å². The number of likely N-dealkylation sites (N-methyl/N-ethyl adjacent to an activating group) is 1. The number of phosphoric acid groups is 1. The number of hydrogen-bond donors (Lipinski definition) is 3. The first-order valence-electron chi connectivity index (χ1n) is 14.6. The summed E-state index contributed by atoms with van der Waals surface area (Å²) >= 11 is 6.04. The Kier molecular flexibility index (Phi) is 15.1. The fraction of sp³-hybridized carbons (Fsp3) is 0.400. The number of nitrogens with one attached hydrogen (secondary N) is 3. The van der Waals surface area contributed by atoms with Crippen molar-refractivity contribution in [2.75, 3.05) is 52.9 Å². The summed E-state index contributed by atoms with van der Waals surface area (Å²) in [6, 6.07) is 14.1. The van der Waals surface area contributed by atoms with E-state index in [1.54, 1.807) is 19.2 Å². The Bertz CT molecular complexity index is 1510. The topological polar surface area (TPSA) is 171 Å². The molecule has 14 nitrogen and oxygen atoms in total. The van der Waals surface area contributed by atoms with E-state index in [1.807, 2.05) is 30.3 Å². The highest BCUT2D eigenvalue weighted by molar-refractivity contribution is 7.48. The fourth-order valence-electron chi connectivity index (χ4n) is 4.24. The number of carbonyl (C=O) groups excluding carboxylic acids is 3. The first kappa shape index (κ1) is 37.4. The summed E-state index contributed by atoms with van der Waals surface area (Å²) in [4.78, 5) is 39.3. The molecule has 3 rings (SSSR count). The zero-order chi connectivity index (χ0) is 34.2. The zero-order valence-electron chi connectivity index (χ0n) is 26.2. The van der Waals surface area contributed by atoms with Crippen molar-refractivity contribution in [3.63, 3.8) is 0 Å². The van der Waals surface area contributed by atoms with Crippen molar-refractivity contribution in [1.29, 1.82) is 0 Å². The summed E-state index contributed by atoms with van der Waals surface area (Å²) < 4.78 is 50.6. The molecule has 256 valence electrons. The van der Waals surface area contributed by atoms with Gasteiger partial charge in [0, 0.05) is 52.4 Å². The number of amides is 4. The van der Waals surface area contributed by atoms with Crippen molar-refractivity contribution >= 4 is 43.3 Å². The van der Waals surface area contributed by atoms with Crippen LogP contribution in [0.15, 0.2) is 59.1 Å². The number of aromatic nitrogens is 1. The third-order valence-corrected chi connectivity index (χ3v) is 8.69. The van der Waals surface area contributed by atoms with E-state index in [0.717, 1.165) is 5.56 Å². The van der Waals surface area contributed by atoms with E-state index in [0.29, 0.717) is 24.1 Å². The van der Waals surface area contributed by atoms with Gasteiger partial charge in [-0.15, -0.1) is 0 Å². The van der Waals surface area contributed by atoms with Crippen LogP contribution in [-0.2, 0) is 34.1 Å². The molecule has 4 amide bonds. The molecule has 3 aromatic rings. The number of anilines is 1. The summed E-state index contributed by atoms with van der Waals surface area (Å²) in [5.41, 5.74) is 1.82. The predicted octanol–water partition coefficient (Wildman–Crippen LogP) is 5.64. The van der Waals surface area contributed by atoms with Gasteiger partial charge in [-0.2, -0.15) is 0 Å². The van der Waals surface area contributed by atoms with E-state index in [4.69, 9.17) is 25.4 Å². The molecule has 1 atom stereocenters. The summed E-state index contributed by atoms with van der Waals surface area (Å²) in [7, 11) is 0.285. The van der Waals surface area contributed by atoms with Crippen molar-refractivity contribution in [1.82, 2.24) is 20.7 Å². The minimum atomic E-state index is -3.64. The highest BCUT2D eigenvalue weighted by atomic mass is 35.5. The number of hydrogen-bond acceptors (Lipinski definition) is 10. The van der Waals surface area contributed by atoms with E-state index in [1.165, 1.54) is 31.3 Å². The van der Waals surface area contributed by atoms with Crippen LogP contribution in [0, 0.1) is 5.82 Å². The normalized spacial score (nSPS) is 11.9. The molecule has 0 aliphatic carbocycles. The first-order chi connectivity index (χ1) is 22.5. The molecule has 0 saturated heterocycles. The van der Waals surface area contributed by atoms with Gasteiger partial charge in [-0.05, 0) is 30.9 Å². The quantitative estimate of drug-likeness (QED) is 0.112. The zero-order valence-corrected chi connectivity index (χ0v) is 27.9. The second-order valence-electron chi connectivity index (χ2n) is 10.0. The Morgan fingerprint density at radius 2 is 1.79 bits per heavy atom. The van der Waals surface area contributed by atoms with E-state index in [9.17, 15) is 23.3 Å². The summed E-state index contributed by atoms with van der Waals surface area (Å²) in [6.45, 7) is -0.00963. The monoisotopic (exact) mass is 697 g/mol. The van der Waals surface area contributed by atoms with Crippen LogP contribution in [0.2, 0.25) is 5.02 Å². The number of nitrogens with zero attached hydrogens (tertiary/aromatic N) is 2. The number of urea groups is 1. The maximum absolute atomic E-state index is 13.8. The second kappa shape index (κ2) is 19.0. The Balaban J connectivity index is 1.52. The second-order valence-corrected chi connectivity index (χ2v) is 12.3. The summed E-state index contributed by atoms with van der Waals surface area (Å²) in [5.74, 6) is -0.772. The molecule has 2 aromatic carbocycles. The minimum absolute atomic E-state index is 0.0322. The molecule has 47 heavy (non-hydrogen) atoms. The lowest BCUT2D eigenvalue weighted by Gasteiger charge is -2.28.